The van der Waals surface area contributed by atoms with Crippen LogP contribution in [0.5, 0.6) is 5.75 Å². The van der Waals surface area contributed by atoms with Crippen molar-refractivity contribution < 1.29 is 4.74 Å². The smallest absolute Gasteiger partial charge is 0.119 e. The van der Waals surface area contributed by atoms with E-state index in [1.54, 1.807) is 0 Å². The van der Waals surface area contributed by atoms with Gasteiger partial charge in [0.25, 0.3) is 0 Å². The van der Waals surface area contributed by atoms with Gasteiger partial charge >= 0.3 is 0 Å². The van der Waals surface area contributed by atoms with Crippen molar-refractivity contribution in [3.05, 3.63) is 29.8 Å². The molecule has 0 aliphatic heterocycles. The van der Waals surface area contributed by atoms with Gasteiger partial charge in [-0.1, -0.05) is 39.8 Å². The molecular weight excluding hydrogens is 210 g/mol. The van der Waals surface area contributed by atoms with E-state index in [-0.39, 0.29) is 11.5 Å². The maximum absolute atomic E-state index is 5.86. The summed E-state index contributed by atoms with van der Waals surface area (Å²) in [6.07, 6.45) is 1.92. The maximum Gasteiger partial charge on any atom is 0.119 e. The standard InChI is InChI=1S/C15H25NO/c1-5-13(16)9-10-17-14-8-6-7-12(11-14)15(2,3)4/h6-8,11,13H,5,9-10,16H2,1-4H3. The summed E-state index contributed by atoms with van der Waals surface area (Å²) in [6, 6.07) is 8.57. The first-order valence-electron chi connectivity index (χ1n) is 6.42. The predicted molar refractivity (Wildman–Crippen MR) is 73.5 cm³/mol. The molecule has 0 aliphatic carbocycles. The molecule has 0 spiro atoms. The monoisotopic (exact) mass is 235 g/mol. The Balaban J connectivity index is 2.55. The van der Waals surface area contributed by atoms with E-state index >= 15 is 0 Å². The second kappa shape index (κ2) is 6.06. The van der Waals surface area contributed by atoms with Crippen molar-refractivity contribution >= 4 is 0 Å². The summed E-state index contributed by atoms with van der Waals surface area (Å²) in [5, 5.41) is 0. The Kier molecular flexibility index (Phi) is 5.01. The highest BCUT2D eigenvalue weighted by atomic mass is 16.5. The van der Waals surface area contributed by atoms with Gasteiger partial charge in [0.1, 0.15) is 5.75 Å². The van der Waals surface area contributed by atoms with E-state index in [0.29, 0.717) is 6.61 Å². The molecule has 96 valence electrons. The molecule has 0 aliphatic rings. The Morgan fingerprint density at radius 1 is 1.29 bits per heavy atom. The first-order chi connectivity index (χ1) is 7.93. The molecule has 0 heterocycles. The highest BCUT2D eigenvalue weighted by Crippen LogP contribution is 2.25. The normalized spacial score (nSPS) is 13.5. The Labute approximate surface area is 105 Å². The van der Waals surface area contributed by atoms with Crippen molar-refractivity contribution in [2.45, 2.75) is 52.0 Å². The summed E-state index contributed by atoms with van der Waals surface area (Å²) in [7, 11) is 0. The van der Waals surface area contributed by atoms with E-state index in [4.69, 9.17) is 10.5 Å². The molecular formula is C15H25NO. The fourth-order valence-electron chi connectivity index (χ4n) is 1.58. The molecule has 0 radical (unpaired) electrons. The van der Waals surface area contributed by atoms with Crippen LogP contribution in [0.2, 0.25) is 0 Å². The van der Waals surface area contributed by atoms with Gasteiger partial charge in [0.05, 0.1) is 6.61 Å². The molecule has 0 fully saturated rings. The van der Waals surface area contributed by atoms with Crippen LogP contribution in [-0.2, 0) is 5.41 Å². The van der Waals surface area contributed by atoms with Crippen LogP contribution in [0.15, 0.2) is 24.3 Å². The van der Waals surface area contributed by atoms with Crippen LogP contribution in [0.3, 0.4) is 0 Å². The van der Waals surface area contributed by atoms with Gasteiger partial charge in [0.2, 0.25) is 0 Å². The van der Waals surface area contributed by atoms with Crippen LogP contribution in [0.25, 0.3) is 0 Å². The molecule has 1 unspecified atom stereocenters. The summed E-state index contributed by atoms with van der Waals surface area (Å²) in [4.78, 5) is 0. The van der Waals surface area contributed by atoms with Crippen LogP contribution in [0, 0.1) is 0 Å². The minimum atomic E-state index is 0.166. The van der Waals surface area contributed by atoms with Crippen molar-refractivity contribution in [3.8, 4) is 5.75 Å². The lowest BCUT2D eigenvalue weighted by atomic mass is 9.87. The molecule has 2 N–H and O–H groups in total. The largest absolute Gasteiger partial charge is 0.494 e. The molecule has 1 aromatic carbocycles. The Morgan fingerprint density at radius 2 is 2.00 bits per heavy atom. The zero-order chi connectivity index (χ0) is 12.9. The molecule has 0 amide bonds. The minimum Gasteiger partial charge on any atom is -0.494 e. The molecule has 0 bridgehead atoms. The zero-order valence-corrected chi connectivity index (χ0v) is 11.5. The first-order valence-corrected chi connectivity index (χ1v) is 6.42. The molecule has 1 rings (SSSR count). The summed E-state index contributed by atoms with van der Waals surface area (Å²) in [5.74, 6) is 0.945. The van der Waals surface area contributed by atoms with Gasteiger partial charge in [0, 0.05) is 6.04 Å². The Morgan fingerprint density at radius 3 is 2.59 bits per heavy atom. The lowest BCUT2D eigenvalue weighted by molar-refractivity contribution is 0.295. The quantitative estimate of drug-likeness (QED) is 0.848. The van der Waals surface area contributed by atoms with Gasteiger partial charge < -0.3 is 10.5 Å². The maximum atomic E-state index is 5.86. The van der Waals surface area contributed by atoms with Crippen molar-refractivity contribution in [1.29, 1.82) is 0 Å². The van der Waals surface area contributed by atoms with E-state index in [1.807, 2.05) is 6.07 Å². The number of ether oxygens (including phenoxy) is 1. The highest BCUT2D eigenvalue weighted by Gasteiger charge is 2.13. The van der Waals surface area contributed by atoms with Crippen LogP contribution in [0.1, 0.15) is 46.1 Å². The predicted octanol–water partition coefficient (Wildman–Crippen LogP) is 3.49. The van der Waals surface area contributed by atoms with Crippen molar-refractivity contribution in [1.82, 2.24) is 0 Å². The topological polar surface area (TPSA) is 35.2 Å². The fourth-order valence-corrected chi connectivity index (χ4v) is 1.58. The third-order valence-electron chi connectivity index (χ3n) is 2.98. The molecule has 1 aromatic rings. The molecule has 0 saturated carbocycles. The highest BCUT2D eigenvalue weighted by molar-refractivity contribution is 5.32. The average Bonchev–Trinajstić information content (AvgIpc) is 2.28. The second-order valence-corrected chi connectivity index (χ2v) is 5.58. The van der Waals surface area contributed by atoms with Gasteiger partial charge in [0.15, 0.2) is 0 Å². The van der Waals surface area contributed by atoms with Crippen LogP contribution in [0.4, 0.5) is 0 Å². The van der Waals surface area contributed by atoms with Gasteiger partial charge in [-0.3, -0.25) is 0 Å². The third kappa shape index (κ3) is 4.78. The first kappa shape index (κ1) is 14.0. The molecule has 2 nitrogen and oxygen atoms in total. The number of nitrogens with two attached hydrogens (primary N) is 1. The summed E-state index contributed by atoms with van der Waals surface area (Å²) in [5.41, 5.74) is 7.32. The Bertz CT molecular complexity index is 341. The number of benzene rings is 1. The zero-order valence-electron chi connectivity index (χ0n) is 11.5. The van der Waals surface area contributed by atoms with Crippen LogP contribution >= 0.6 is 0 Å². The van der Waals surface area contributed by atoms with E-state index < -0.39 is 0 Å². The fraction of sp³-hybridized carbons (Fsp3) is 0.600. The Hall–Kier alpha value is -1.02. The van der Waals surface area contributed by atoms with E-state index in [1.165, 1.54) is 5.56 Å². The third-order valence-corrected chi connectivity index (χ3v) is 2.98. The van der Waals surface area contributed by atoms with Gasteiger partial charge in [-0.15, -0.1) is 0 Å². The number of hydrogen-bond donors (Lipinski definition) is 1. The van der Waals surface area contributed by atoms with Crippen LogP contribution < -0.4 is 10.5 Å². The number of rotatable bonds is 5. The van der Waals surface area contributed by atoms with Gasteiger partial charge in [-0.05, 0) is 36.0 Å². The molecule has 0 aromatic heterocycles. The lowest BCUT2D eigenvalue weighted by Gasteiger charge is -2.20. The van der Waals surface area contributed by atoms with E-state index in [9.17, 15) is 0 Å². The number of hydrogen-bond acceptors (Lipinski definition) is 2. The van der Waals surface area contributed by atoms with Crippen molar-refractivity contribution in [2.24, 2.45) is 5.73 Å². The van der Waals surface area contributed by atoms with E-state index in [2.05, 4.69) is 45.9 Å². The average molecular weight is 235 g/mol. The van der Waals surface area contributed by atoms with Crippen LogP contribution in [-0.4, -0.2) is 12.6 Å². The van der Waals surface area contributed by atoms with Gasteiger partial charge in [-0.2, -0.15) is 0 Å². The lowest BCUT2D eigenvalue weighted by Crippen LogP contribution is -2.21. The molecule has 17 heavy (non-hydrogen) atoms. The van der Waals surface area contributed by atoms with Crippen molar-refractivity contribution in [2.75, 3.05) is 6.61 Å². The molecule has 1 atom stereocenters. The summed E-state index contributed by atoms with van der Waals surface area (Å²) >= 11 is 0. The summed E-state index contributed by atoms with van der Waals surface area (Å²) in [6.45, 7) is 9.42. The summed E-state index contributed by atoms with van der Waals surface area (Å²) < 4.78 is 5.73. The van der Waals surface area contributed by atoms with Crippen molar-refractivity contribution in [3.63, 3.8) is 0 Å². The SMILES string of the molecule is CCC(N)CCOc1cccc(C(C)(C)C)c1. The van der Waals surface area contributed by atoms with E-state index in [0.717, 1.165) is 18.6 Å². The molecule has 0 saturated heterocycles. The minimum absolute atomic E-state index is 0.166. The second-order valence-electron chi connectivity index (χ2n) is 5.58. The van der Waals surface area contributed by atoms with Gasteiger partial charge in [-0.25, -0.2) is 0 Å². The molecule has 2 heteroatoms.